The topological polar surface area (TPSA) is 41.6 Å². The highest BCUT2D eigenvalue weighted by Gasteiger charge is 2.16. The maximum absolute atomic E-state index is 12.4. The zero-order chi connectivity index (χ0) is 16.9. The van der Waals surface area contributed by atoms with E-state index in [1.807, 2.05) is 36.4 Å². The molecule has 2 aromatic rings. The minimum Gasteiger partial charge on any atom is -0.378 e. The fourth-order valence-corrected chi connectivity index (χ4v) is 3.11. The van der Waals surface area contributed by atoms with E-state index >= 15 is 0 Å². The third kappa shape index (κ3) is 4.50. The van der Waals surface area contributed by atoms with Crippen LogP contribution in [-0.4, -0.2) is 32.2 Å². The lowest BCUT2D eigenvalue weighted by Gasteiger charge is -2.30. The molecule has 24 heavy (non-hydrogen) atoms. The first kappa shape index (κ1) is 17.3. The smallest absolute Gasteiger partial charge is 0.228 e. The Bertz CT molecular complexity index is 715. The van der Waals surface area contributed by atoms with Crippen LogP contribution >= 0.6 is 27.5 Å². The van der Waals surface area contributed by atoms with Crippen LogP contribution in [0.15, 0.2) is 46.9 Å². The minimum atomic E-state index is -0.0610. The molecule has 0 saturated carbocycles. The summed E-state index contributed by atoms with van der Waals surface area (Å²) >= 11 is 9.51. The molecule has 0 spiro atoms. The number of rotatable bonds is 4. The molecule has 3 rings (SSSR count). The molecule has 2 aromatic carbocycles. The number of benzene rings is 2. The molecule has 1 aliphatic heterocycles. The van der Waals surface area contributed by atoms with Crippen molar-refractivity contribution in [1.29, 1.82) is 0 Å². The highest BCUT2D eigenvalue weighted by atomic mass is 79.9. The van der Waals surface area contributed by atoms with Crippen LogP contribution in [0.1, 0.15) is 5.56 Å². The van der Waals surface area contributed by atoms with Crippen LogP contribution in [0.3, 0.4) is 0 Å². The predicted molar refractivity (Wildman–Crippen MR) is 101 cm³/mol. The molecule has 4 nitrogen and oxygen atoms in total. The van der Waals surface area contributed by atoms with E-state index in [9.17, 15) is 4.79 Å². The Labute approximate surface area is 154 Å². The summed E-state index contributed by atoms with van der Waals surface area (Å²) in [4.78, 5) is 14.6. The molecule has 126 valence electrons. The number of anilines is 2. The van der Waals surface area contributed by atoms with Crippen LogP contribution < -0.4 is 10.2 Å². The molecule has 0 aliphatic carbocycles. The third-order valence-corrected chi connectivity index (χ3v) is 4.63. The van der Waals surface area contributed by atoms with Gasteiger partial charge >= 0.3 is 0 Å². The lowest BCUT2D eigenvalue weighted by atomic mass is 10.1. The summed E-state index contributed by atoms with van der Waals surface area (Å²) in [6.45, 7) is 2.98. The molecule has 1 saturated heterocycles. The van der Waals surface area contributed by atoms with Crippen LogP contribution in [0.25, 0.3) is 0 Å². The van der Waals surface area contributed by atoms with Gasteiger partial charge in [0.15, 0.2) is 0 Å². The Morgan fingerprint density at radius 2 is 1.88 bits per heavy atom. The van der Waals surface area contributed by atoms with Gasteiger partial charge in [0.1, 0.15) is 0 Å². The van der Waals surface area contributed by atoms with E-state index in [-0.39, 0.29) is 5.91 Å². The first-order chi connectivity index (χ1) is 11.6. The summed E-state index contributed by atoms with van der Waals surface area (Å²) in [5.74, 6) is -0.0610. The van der Waals surface area contributed by atoms with Gasteiger partial charge in [-0.05, 0) is 35.9 Å². The van der Waals surface area contributed by atoms with Crippen molar-refractivity contribution in [3.05, 3.63) is 57.5 Å². The van der Waals surface area contributed by atoms with E-state index in [0.717, 1.165) is 34.5 Å². The number of hydrogen-bond donors (Lipinski definition) is 1. The van der Waals surface area contributed by atoms with Crippen LogP contribution in [0.5, 0.6) is 0 Å². The van der Waals surface area contributed by atoms with Gasteiger partial charge < -0.3 is 15.0 Å². The summed E-state index contributed by atoms with van der Waals surface area (Å²) < 4.78 is 6.39. The van der Waals surface area contributed by atoms with E-state index in [4.69, 9.17) is 16.3 Å². The first-order valence-corrected chi connectivity index (χ1v) is 8.95. The van der Waals surface area contributed by atoms with Gasteiger partial charge in [0.25, 0.3) is 0 Å². The number of hydrogen-bond acceptors (Lipinski definition) is 3. The molecule has 0 atom stereocenters. The van der Waals surface area contributed by atoms with Crippen molar-refractivity contribution < 1.29 is 9.53 Å². The van der Waals surface area contributed by atoms with E-state index in [0.29, 0.717) is 24.7 Å². The van der Waals surface area contributed by atoms with Crippen LogP contribution in [0.4, 0.5) is 11.4 Å². The number of morpholine rings is 1. The van der Waals surface area contributed by atoms with Gasteiger partial charge in [-0.15, -0.1) is 0 Å². The summed E-state index contributed by atoms with van der Waals surface area (Å²) in [5, 5.41) is 3.60. The Morgan fingerprint density at radius 3 is 2.58 bits per heavy atom. The number of ether oxygens (including phenoxy) is 1. The molecule has 0 radical (unpaired) electrons. The van der Waals surface area contributed by atoms with Crippen LogP contribution in [-0.2, 0) is 16.0 Å². The highest BCUT2D eigenvalue weighted by Crippen LogP contribution is 2.30. The second kappa shape index (κ2) is 8.01. The average molecular weight is 410 g/mol. The van der Waals surface area contributed by atoms with Crippen molar-refractivity contribution in [2.45, 2.75) is 6.42 Å². The van der Waals surface area contributed by atoms with E-state index in [1.165, 1.54) is 0 Å². The number of amides is 1. The average Bonchev–Trinajstić information content (AvgIpc) is 2.58. The molecular weight excluding hydrogens is 392 g/mol. The number of carbonyl (C=O) groups excluding carboxylic acids is 1. The molecule has 1 N–H and O–H groups in total. The van der Waals surface area contributed by atoms with Gasteiger partial charge in [0.2, 0.25) is 5.91 Å². The van der Waals surface area contributed by atoms with Crippen molar-refractivity contribution >= 4 is 44.8 Å². The van der Waals surface area contributed by atoms with Gasteiger partial charge in [-0.3, -0.25) is 4.79 Å². The number of nitrogens with one attached hydrogen (secondary N) is 1. The molecule has 1 fully saturated rings. The molecule has 0 aromatic heterocycles. The summed E-state index contributed by atoms with van der Waals surface area (Å²) in [6, 6.07) is 13.3. The Kier molecular flexibility index (Phi) is 5.76. The Morgan fingerprint density at radius 1 is 1.17 bits per heavy atom. The summed E-state index contributed by atoms with van der Waals surface area (Å²) in [5.41, 5.74) is 2.68. The molecule has 0 bridgehead atoms. The first-order valence-electron chi connectivity index (χ1n) is 7.78. The molecular formula is C18H18BrClN2O2. The van der Waals surface area contributed by atoms with E-state index < -0.39 is 0 Å². The Hall–Kier alpha value is -1.56. The second-order valence-electron chi connectivity index (χ2n) is 5.61. The zero-order valence-electron chi connectivity index (χ0n) is 13.1. The monoisotopic (exact) mass is 408 g/mol. The zero-order valence-corrected chi connectivity index (χ0v) is 15.4. The van der Waals surface area contributed by atoms with Gasteiger partial charge in [0, 0.05) is 22.6 Å². The maximum atomic E-state index is 12.4. The normalized spacial score (nSPS) is 14.5. The summed E-state index contributed by atoms with van der Waals surface area (Å²) in [7, 11) is 0. The SMILES string of the molecule is O=C(Cc1ccc(Br)cc1)Nc1cc(Cl)ccc1N1CCOCC1. The largest absolute Gasteiger partial charge is 0.378 e. The van der Waals surface area contributed by atoms with Crippen molar-refractivity contribution in [2.24, 2.45) is 0 Å². The standard InChI is InChI=1S/C18H18BrClN2O2/c19-14-3-1-13(2-4-14)11-18(23)21-16-12-15(20)5-6-17(16)22-7-9-24-10-8-22/h1-6,12H,7-11H2,(H,21,23). The van der Waals surface area contributed by atoms with Crippen molar-refractivity contribution in [1.82, 2.24) is 0 Å². The van der Waals surface area contributed by atoms with E-state index in [1.54, 1.807) is 6.07 Å². The molecule has 1 aliphatic rings. The third-order valence-electron chi connectivity index (χ3n) is 3.86. The van der Waals surface area contributed by atoms with Gasteiger partial charge in [0.05, 0.1) is 31.0 Å². The molecule has 6 heteroatoms. The molecule has 1 amide bonds. The lowest BCUT2D eigenvalue weighted by molar-refractivity contribution is -0.115. The van der Waals surface area contributed by atoms with Crippen molar-refractivity contribution in [3.8, 4) is 0 Å². The lowest BCUT2D eigenvalue weighted by Crippen LogP contribution is -2.36. The molecule has 1 heterocycles. The van der Waals surface area contributed by atoms with Crippen LogP contribution in [0.2, 0.25) is 5.02 Å². The predicted octanol–water partition coefficient (Wildman–Crippen LogP) is 4.12. The number of halogens is 2. The van der Waals surface area contributed by atoms with Crippen molar-refractivity contribution in [3.63, 3.8) is 0 Å². The second-order valence-corrected chi connectivity index (χ2v) is 6.96. The fraction of sp³-hybridized carbons (Fsp3) is 0.278. The highest BCUT2D eigenvalue weighted by molar-refractivity contribution is 9.10. The fourth-order valence-electron chi connectivity index (χ4n) is 2.67. The van der Waals surface area contributed by atoms with Crippen LogP contribution in [0, 0.1) is 0 Å². The summed E-state index contributed by atoms with van der Waals surface area (Å²) in [6.07, 6.45) is 0.322. The van der Waals surface area contributed by atoms with E-state index in [2.05, 4.69) is 26.1 Å². The molecule has 0 unspecified atom stereocenters. The van der Waals surface area contributed by atoms with Crippen molar-refractivity contribution in [2.75, 3.05) is 36.5 Å². The van der Waals surface area contributed by atoms with Gasteiger partial charge in [-0.25, -0.2) is 0 Å². The quantitative estimate of drug-likeness (QED) is 0.826. The minimum absolute atomic E-state index is 0.0610. The van der Waals surface area contributed by atoms with Gasteiger partial charge in [-0.2, -0.15) is 0 Å². The van der Waals surface area contributed by atoms with Gasteiger partial charge in [-0.1, -0.05) is 39.7 Å². The maximum Gasteiger partial charge on any atom is 0.228 e. The number of nitrogens with zero attached hydrogens (tertiary/aromatic N) is 1. The Balaban J connectivity index is 1.74. The number of carbonyl (C=O) groups is 1.